The number of carbonyl (C=O) groups is 2. The fourth-order valence-corrected chi connectivity index (χ4v) is 3.87. The van der Waals surface area contributed by atoms with Crippen molar-refractivity contribution in [3.05, 3.63) is 101 Å². The van der Waals surface area contributed by atoms with Gasteiger partial charge in [-0.1, -0.05) is 36.4 Å². The summed E-state index contributed by atoms with van der Waals surface area (Å²) < 4.78 is 40.7. The number of alkyl halides is 3. The zero-order chi connectivity index (χ0) is 26.6. The molecule has 0 spiro atoms. The average Bonchev–Trinajstić information content (AvgIpc) is 3.19. The van der Waals surface area contributed by atoms with E-state index in [2.05, 4.69) is 10.6 Å². The number of nitriles is 1. The summed E-state index contributed by atoms with van der Waals surface area (Å²) >= 11 is 0. The van der Waals surface area contributed by atoms with Crippen LogP contribution in [0, 0.1) is 18.3 Å². The molecule has 0 saturated heterocycles. The standard InChI is InChI=1S/C28H21F3N4O2/c1-18-6-4-8-22(12-18)33-26(36)17-35-16-20(24-10-2-3-11-25(24)35)13-19(15-32)27(37)34-23-9-5-7-21(14-23)28(29,30)31/h2-14,16H,17H2,1H3,(H,33,36)(H,34,37)/b19-13-. The molecule has 4 rings (SSSR count). The number of amides is 2. The Balaban J connectivity index is 1.59. The highest BCUT2D eigenvalue weighted by Crippen LogP contribution is 2.31. The van der Waals surface area contributed by atoms with Crippen LogP contribution in [-0.4, -0.2) is 16.4 Å². The summed E-state index contributed by atoms with van der Waals surface area (Å²) in [7, 11) is 0. The van der Waals surface area contributed by atoms with E-state index in [4.69, 9.17) is 0 Å². The lowest BCUT2D eigenvalue weighted by Gasteiger charge is -2.09. The van der Waals surface area contributed by atoms with Crippen LogP contribution < -0.4 is 10.6 Å². The maximum Gasteiger partial charge on any atom is 0.416 e. The number of halogens is 3. The van der Waals surface area contributed by atoms with Crippen LogP contribution in [0.5, 0.6) is 0 Å². The van der Waals surface area contributed by atoms with Gasteiger partial charge in [-0.2, -0.15) is 18.4 Å². The highest BCUT2D eigenvalue weighted by Gasteiger charge is 2.30. The predicted octanol–water partition coefficient (Wildman–Crippen LogP) is 6.15. The zero-order valence-corrected chi connectivity index (χ0v) is 19.6. The Morgan fingerprint density at radius 1 is 0.973 bits per heavy atom. The zero-order valence-electron chi connectivity index (χ0n) is 19.6. The lowest BCUT2D eigenvalue weighted by atomic mass is 10.1. The van der Waals surface area contributed by atoms with E-state index >= 15 is 0 Å². The second-order valence-corrected chi connectivity index (χ2v) is 8.35. The van der Waals surface area contributed by atoms with Crippen molar-refractivity contribution < 1.29 is 22.8 Å². The number of aryl methyl sites for hydroxylation is 1. The van der Waals surface area contributed by atoms with Crippen LogP contribution >= 0.6 is 0 Å². The van der Waals surface area contributed by atoms with Gasteiger partial charge < -0.3 is 15.2 Å². The quantitative estimate of drug-likeness (QED) is 0.245. The van der Waals surface area contributed by atoms with Crippen molar-refractivity contribution in [2.24, 2.45) is 0 Å². The minimum Gasteiger partial charge on any atom is -0.337 e. The van der Waals surface area contributed by atoms with Crippen LogP contribution in [0.2, 0.25) is 0 Å². The van der Waals surface area contributed by atoms with Gasteiger partial charge in [-0.15, -0.1) is 0 Å². The molecule has 2 N–H and O–H groups in total. The van der Waals surface area contributed by atoms with Crippen LogP contribution in [0.15, 0.2) is 84.6 Å². The first-order valence-corrected chi connectivity index (χ1v) is 11.2. The van der Waals surface area contributed by atoms with Crippen molar-refractivity contribution in [1.29, 1.82) is 5.26 Å². The molecule has 4 aromatic rings. The number of aromatic nitrogens is 1. The molecule has 0 aliphatic rings. The van der Waals surface area contributed by atoms with Gasteiger partial charge >= 0.3 is 6.18 Å². The lowest BCUT2D eigenvalue weighted by molar-refractivity contribution is -0.137. The van der Waals surface area contributed by atoms with Crippen molar-refractivity contribution in [2.45, 2.75) is 19.6 Å². The summed E-state index contributed by atoms with van der Waals surface area (Å²) in [4.78, 5) is 25.4. The largest absolute Gasteiger partial charge is 0.416 e. The van der Waals surface area contributed by atoms with Crippen LogP contribution in [0.25, 0.3) is 17.0 Å². The first kappa shape index (κ1) is 25.3. The topological polar surface area (TPSA) is 86.9 Å². The van der Waals surface area contributed by atoms with E-state index in [9.17, 15) is 28.0 Å². The second kappa shape index (κ2) is 10.4. The van der Waals surface area contributed by atoms with Crippen LogP contribution in [0.1, 0.15) is 16.7 Å². The van der Waals surface area contributed by atoms with Crippen molar-refractivity contribution in [3.63, 3.8) is 0 Å². The molecule has 0 aliphatic heterocycles. The highest BCUT2D eigenvalue weighted by molar-refractivity contribution is 6.11. The van der Waals surface area contributed by atoms with E-state index in [0.29, 0.717) is 22.2 Å². The van der Waals surface area contributed by atoms with E-state index in [-0.39, 0.29) is 23.7 Å². The molecule has 0 aliphatic carbocycles. The highest BCUT2D eigenvalue weighted by atomic mass is 19.4. The van der Waals surface area contributed by atoms with Gasteiger partial charge in [-0.3, -0.25) is 9.59 Å². The molecule has 0 bridgehead atoms. The number of rotatable bonds is 6. The third-order valence-corrected chi connectivity index (χ3v) is 5.55. The van der Waals surface area contributed by atoms with Crippen molar-refractivity contribution in [3.8, 4) is 6.07 Å². The third kappa shape index (κ3) is 6.05. The summed E-state index contributed by atoms with van der Waals surface area (Å²) in [5, 5.41) is 15.5. The van der Waals surface area contributed by atoms with Crippen LogP contribution in [0.3, 0.4) is 0 Å². The lowest BCUT2D eigenvalue weighted by Crippen LogP contribution is -2.18. The molecule has 0 radical (unpaired) electrons. The molecule has 186 valence electrons. The minimum absolute atomic E-state index is 0.0133. The fourth-order valence-electron chi connectivity index (χ4n) is 3.87. The molecular weight excluding hydrogens is 481 g/mol. The molecule has 9 heteroatoms. The SMILES string of the molecule is Cc1cccc(NC(=O)Cn2cc(/C=C(/C#N)C(=O)Nc3cccc(C(F)(F)F)c3)c3ccccc32)c1. The fraction of sp³-hybridized carbons (Fsp3) is 0.107. The number of fused-ring (bicyclic) bond motifs is 1. The normalized spacial score (nSPS) is 11.7. The number of hydrogen-bond acceptors (Lipinski definition) is 3. The number of anilines is 2. The van der Waals surface area contributed by atoms with Gasteiger partial charge in [-0.25, -0.2) is 0 Å². The Morgan fingerprint density at radius 3 is 2.38 bits per heavy atom. The van der Waals surface area contributed by atoms with Crippen LogP contribution in [0.4, 0.5) is 24.5 Å². The van der Waals surface area contributed by atoms with E-state index in [0.717, 1.165) is 17.7 Å². The molecule has 0 atom stereocenters. The number of para-hydroxylation sites is 1. The molecule has 0 unspecified atom stereocenters. The van der Waals surface area contributed by atoms with Gasteiger partial charge in [0.15, 0.2) is 0 Å². The molecule has 0 fully saturated rings. The first-order chi connectivity index (χ1) is 17.6. The molecular formula is C28H21F3N4O2. The van der Waals surface area contributed by atoms with Crippen LogP contribution in [-0.2, 0) is 22.3 Å². The van der Waals surface area contributed by atoms with Crippen molar-refractivity contribution >= 4 is 40.2 Å². The van der Waals surface area contributed by atoms with Gasteiger partial charge in [-0.05, 0) is 55.0 Å². The van der Waals surface area contributed by atoms with Gasteiger partial charge in [0.1, 0.15) is 18.2 Å². The Morgan fingerprint density at radius 2 is 1.68 bits per heavy atom. The van der Waals surface area contributed by atoms with E-state index in [1.165, 1.54) is 18.2 Å². The summed E-state index contributed by atoms with van der Waals surface area (Å²) in [6, 6.07) is 20.5. The summed E-state index contributed by atoms with van der Waals surface area (Å²) in [6.45, 7) is 1.91. The van der Waals surface area contributed by atoms with E-state index in [1.54, 1.807) is 47.2 Å². The number of benzene rings is 3. The molecule has 37 heavy (non-hydrogen) atoms. The molecule has 2 amide bonds. The van der Waals surface area contributed by atoms with Gasteiger partial charge in [0, 0.05) is 34.0 Å². The number of hydrogen-bond donors (Lipinski definition) is 2. The Kier molecular flexibility index (Phi) is 7.11. The minimum atomic E-state index is -4.57. The van der Waals surface area contributed by atoms with E-state index < -0.39 is 17.6 Å². The molecule has 1 heterocycles. The van der Waals surface area contributed by atoms with Crippen molar-refractivity contribution in [2.75, 3.05) is 10.6 Å². The molecule has 6 nitrogen and oxygen atoms in total. The number of nitrogens with zero attached hydrogens (tertiary/aromatic N) is 2. The maximum atomic E-state index is 13.0. The number of carbonyl (C=O) groups excluding carboxylic acids is 2. The van der Waals surface area contributed by atoms with E-state index in [1.807, 2.05) is 25.1 Å². The summed E-state index contributed by atoms with van der Waals surface area (Å²) in [5.41, 5.74) is 1.59. The Hall–Kier alpha value is -4.84. The Bertz CT molecular complexity index is 1560. The van der Waals surface area contributed by atoms with Gasteiger partial charge in [0.2, 0.25) is 5.91 Å². The maximum absolute atomic E-state index is 13.0. The van der Waals surface area contributed by atoms with Crippen molar-refractivity contribution in [1.82, 2.24) is 4.57 Å². The average molecular weight is 502 g/mol. The molecule has 1 aromatic heterocycles. The third-order valence-electron chi connectivity index (χ3n) is 5.55. The molecule has 3 aromatic carbocycles. The second-order valence-electron chi connectivity index (χ2n) is 8.35. The monoisotopic (exact) mass is 502 g/mol. The Labute approximate surface area is 210 Å². The van der Waals surface area contributed by atoms with Gasteiger partial charge in [0.25, 0.3) is 5.91 Å². The summed E-state index contributed by atoms with van der Waals surface area (Å²) in [6.07, 6.45) is -1.57. The summed E-state index contributed by atoms with van der Waals surface area (Å²) in [5.74, 6) is -1.11. The van der Waals surface area contributed by atoms with Gasteiger partial charge in [0.05, 0.1) is 5.56 Å². The number of nitrogens with one attached hydrogen (secondary N) is 2. The predicted molar refractivity (Wildman–Crippen MR) is 135 cm³/mol. The smallest absolute Gasteiger partial charge is 0.337 e. The molecule has 0 saturated carbocycles. The first-order valence-electron chi connectivity index (χ1n) is 11.2.